The predicted molar refractivity (Wildman–Crippen MR) is 154 cm³/mol. The molecule has 0 aliphatic heterocycles. The SMILES string of the molecule is CCC(O)COCCCCCCOc1ccc(-c2ccc(OCCCCCCOCC(O)CC)cc2)cc1. The average Bonchev–Trinajstić information content (AvgIpc) is 2.95. The van der Waals surface area contributed by atoms with Crippen molar-refractivity contribution in [3.8, 4) is 22.6 Å². The van der Waals surface area contributed by atoms with E-state index in [1.165, 1.54) is 0 Å². The first kappa shape index (κ1) is 32.1. The number of hydrogen-bond acceptors (Lipinski definition) is 6. The molecule has 0 radical (unpaired) electrons. The Morgan fingerprint density at radius 2 is 0.842 bits per heavy atom. The summed E-state index contributed by atoms with van der Waals surface area (Å²) in [6.07, 6.45) is 9.38. The molecule has 0 saturated carbocycles. The van der Waals surface area contributed by atoms with Gasteiger partial charge in [-0.2, -0.15) is 0 Å². The zero-order chi connectivity index (χ0) is 27.3. The molecule has 6 nitrogen and oxygen atoms in total. The molecule has 2 aromatic carbocycles. The van der Waals surface area contributed by atoms with E-state index in [2.05, 4.69) is 24.3 Å². The van der Waals surface area contributed by atoms with Gasteiger partial charge in [-0.25, -0.2) is 0 Å². The molecule has 2 N–H and O–H groups in total. The molecule has 214 valence electrons. The topological polar surface area (TPSA) is 77.4 Å². The van der Waals surface area contributed by atoms with E-state index in [4.69, 9.17) is 18.9 Å². The lowest BCUT2D eigenvalue weighted by Crippen LogP contribution is -2.14. The smallest absolute Gasteiger partial charge is 0.119 e. The van der Waals surface area contributed by atoms with Crippen molar-refractivity contribution in [1.29, 1.82) is 0 Å². The van der Waals surface area contributed by atoms with Gasteiger partial charge in [-0.1, -0.05) is 51.0 Å². The van der Waals surface area contributed by atoms with Gasteiger partial charge in [-0.15, -0.1) is 0 Å². The summed E-state index contributed by atoms with van der Waals surface area (Å²) in [6.45, 7) is 7.68. The fraction of sp³-hybridized carbons (Fsp3) is 0.625. The van der Waals surface area contributed by atoms with Crippen molar-refractivity contribution in [2.75, 3.05) is 39.6 Å². The molecule has 6 heteroatoms. The molecule has 2 unspecified atom stereocenters. The maximum absolute atomic E-state index is 9.46. The minimum Gasteiger partial charge on any atom is -0.494 e. The summed E-state index contributed by atoms with van der Waals surface area (Å²) in [4.78, 5) is 0. The Bertz CT molecular complexity index is 738. The standard InChI is InChI=1S/C32H50O6/c1-3-29(33)25-35-21-9-5-7-11-23-37-31-17-13-27(14-18-31)28-15-19-32(20-16-28)38-24-12-8-6-10-22-36-26-30(34)4-2/h13-20,29-30,33-34H,3-12,21-26H2,1-2H3. The van der Waals surface area contributed by atoms with Crippen LogP contribution in [0.25, 0.3) is 11.1 Å². The second kappa shape index (κ2) is 20.8. The van der Waals surface area contributed by atoms with Crippen LogP contribution in [0, 0.1) is 0 Å². The van der Waals surface area contributed by atoms with Crippen molar-refractivity contribution in [2.45, 2.75) is 90.3 Å². The summed E-state index contributed by atoms with van der Waals surface area (Å²) in [7, 11) is 0. The second-order valence-corrected chi connectivity index (χ2v) is 9.85. The van der Waals surface area contributed by atoms with Gasteiger partial charge in [0, 0.05) is 13.2 Å². The molecule has 2 rings (SSSR count). The van der Waals surface area contributed by atoms with Crippen molar-refractivity contribution < 1.29 is 29.2 Å². The molecule has 0 aliphatic carbocycles. The van der Waals surface area contributed by atoms with Gasteiger partial charge in [0.25, 0.3) is 0 Å². The minimum absolute atomic E-state index is 0.335. The van der Waals surface area contributed by atoms with E-state index in [0.29, 0.717) is 13.2 Å². The Hall–Kier alpha value is -2.12. The van der Waals surface area contributed by atoms with Gasteiger partial charge in [-0.3, -0.25) is 0 Å². The van der Waals surface area contributed by atoms with Crippen LogP contribution in [0.15, 0.2) is 48.5 Å². The molecule has 0 aromatic heterocycles. The number of benzene rings is 2. The summed E-state index contributed by atoms with van der Waals surface area (Å²) in [6, 6.07) is 16.5. The van der Waals surface area contributed by atoms with E-state index < -0.39 is 0 Å². The van der Waals surface area contributed by atoms with Gasteiger partial charge in [-0.05, 0) is 86.8 Å². The Morgan fingerprint density at radius 3 is 1.18 bits per heavy atom. The largest absolute Gasteiger partial charge is 0.494 e. The zero-order valence-electron chi connectivity index (χ0n) is 23.6. The molecule has 38 heavy (non-hydrogen) atoms. The third-order valence-electron chi connectivity index (χ3n) is 6.51. The average molecular weight is 531 g/mol. The molecule has 2 aromatic rings. The molecule has 0 heterocycles. The van der Waals surface area contributed by atoms with Crippen molar-refractivity contribution in [3.05, 3.63) is 48.5 Å². The van der Waals surface area contributed by atoms with Crippen LogP contribution < -0.4 is 9.47 Å². The Kier molecular flexibility index (Phi) is 17.6. The number of hydrogen-bond donors (Lipinski definition) is 2. The minimum atomic E-state index is -0.335. The lowest BCUT2D eigenvalue weighted by Gasteiger charge is -2.10. The van der Waals surface area contributed by atoms with Crippen LogP contribution in [-0.4, -0.2) is 62.1 Å². The molecule has 0 amide bonds. The molecule has 2 atom stereocenters. The summed E-state index contributed by atoms with van der Waals surface area (Å²) in [5.74, 6) is 1.80. The predicted octanol–water partition coefficient (Wildman–Crippen LogP) is 6.81. The Labute approximate surface area is 230 Å². The first-order valence-corrected chi connectivity index (χ1v) is 14.6. The van der Waals surface area contributed by atoms with Crippen molar-refractivity contribution in [3.63, 3.8) is 0 Å². The van der Waals surface area contributed by atoms with E-state index in [9.17, 15) is 10.2 Å². The fourth-order valence-electron chi connectivity index (χ4n) is 3.86. The highest BCUT2D eigenvalue weighted by atomic mass is 16.5. The molecule has 0 spiro atoms. The van der Waals surface area contributed by atoms with Crippen molar-refractivity contribution in [1.82, 2.24) is 0 Å². The summed E-state index contributed by atoms with van der Waals surface area (Å²) in [5, 5.41) is 18.9. The number of rotatable bonds is 23. The van der Waals surface area contributed by atoms with Crippen LogP contribution in [0.3, 0.4) is 0 Å². The van der Waals surface area contributed by atoms with Gasteiger partial charge in [0.15, 0.2) is 0 Å². The third-order valence-corrected chi connectivity index (χ3v) is 6.51. The van der Waals surface area contributed by atoms with Gasteiger partial charge >= 0.3 is 0 Å². The molecule has 0 fully saturated rings. The monoisotopic (exact) mass is 530 g/mol. The van der Waals surface area contributed by atoms with Crippen LogP contribution in [0.2, 0.25) is 0 Å². The molecule has 0 aliphatic rings. The van der Waals surface area contributed by atoms with Crippen LogP contribution in [0.1, 0.15) is 78.1 Å². The summed E-state index contributed by atoms with van der Waals surface area (Å²) >= 11 is 0. The summed E-state index contributed by atoms with van der Waals surface area (Å²) in [5.41, 5.74) is 2.32. The number of ether oxygens (including phenoxy) is 4. The maximum Gasteiger partial charge on any atom is 0.119 e. The van der Waals surface area contributed by atoms with E-state index in [0.717, 1.165) is 113 Å². The second-order valence-electron chi connectivity index (χ2n) is 9.85. The molecular formula is C32H50O6. The van der Waals surface area contributed by atoms with E-state index >= 15 is 0 Å². The first-order valence-electron chi connectivity index (χ1n) is 14.6. The molecule has 0 saturated heterocycles. The number of unbranched alkanes of at least 4 members (excludes halogenated alkanes) is 6. The quantitative estimate of drug-likeness (QED) is 0.154. The van der Waals surface area contributed by atoms with Crippen LogP contribution in [0.5, 0.6) is 11.5 Å². The Morgan fingerprint density at radius 1 is 0.500 bits per heavy atom. The number of aliphatic hydroxyl groups excluding tert-OH is 2. The summed E-state index contributed by atoms with van der Waals surface area (Å²) < 4.78 is 22.7. The van der Waals surface area contributed by atoms with E-state index in [-0.39, 0.29) is 12.2 Å². The highest BCUT2D eigenvalue weighted by molar-refractivity contribution is 5.64. The first-order chi connectivity index (χ1) is 18.6. The zero-order valence-corrected chi connectivity index (χ0v) is 23.6. The maximum atomic E-state index is 9.46. The van der Waals surface area contributed by atoms with Gasteiger partial charge in [0.05, 0.1) is 38.6 Å². The molecule has 0 bridgehead atoms. The van der Waals surface area contributed by atoms with E-state index in [1.807, 2.05) is 38.1 Å². The van der Waals surface area contributed by atoms with Crippen LogP contribution >= 0.6 is 0 Å². The lowest BCUT2D eigenvalue weighted by atomic mass is 10.1. The third kappa shape index (κ3) is 14.7. The van der Waals surface area contributed by atoms with Gasteiger partial charge in [0.1, 0.15) is 11.5 Å². The Balaban J connectivity index is 1.53. The highest BCUT2D eigenvalue weighted by Crippen LogP contribution is 2.25. The van der Waals surface area contributed by atoms with Crippen molar-refractivity contribution in [2.24, 2.45) is 0 Å². The molecular weight excluding hydrogens is 480 g/mol. The van der Waals surface area contributed by atoms with Gasteiger partial charge < -0.3 is 29.2 Å². The van der Waals surface area contributed by atoms with Gasteiger partial charge in [0.2, 0.25) is 0 Å². The van der Waals surface area contributed by atoms with E-state index in [1.54, 1.807) is 0 Å². The normalized spacial score (nSPS) is 12.8. The number of aliphatic hydroxyl groups is 2. The fourth-order valence-corrected chi connectivity index (χ4v) is 3.86. The highest BCUT2D eigenvalue weighted by Gasteiger charge is 2.03. The lowest BCUT2D eigenvalue weighted by molar-refractivity contribution is 0.0334. The van der Waals surface area contributed by atoms with Crippen molar-refractivity contribution >= 4 is 0 Å². The van der Waals surface area contributed by atoms with Crippen LogP contribution in [0.4, 0.5) is 0 Å². The van der Waals surface area contributed by atoms with Crippen LogP contribution in [-0.2, 0) is 9.47 Å².